The van der Waals surface area contributed by atoms with Crippen molar-refractivity contribution in [3.8, 4) is 0 Å². The number of hydrogen-bond donors (Lipinski definition) is 0. The van der Waals surface area contributed by atoms with Gasteiger partial charge in [0.2, 0.25) is 0 Å². The average molecular weight is 243 g/mol. The summed E-state index contributed by atoms with van der Waals surface area (Å²) in [5.74, 6) is 0. The molecule has 0 aliphatic heterocycles. The summed E-state index contributed by atoms with van der Waals surface area (Å²) in [4.78, 5) is 0. The van der Waals surface area contributed by atoms with E-state index >= 15 is 0 Å². The largest absolute Gasteiger partial charge is 0.0693 e. The first kappa shape index (κ1) is 16.2. The minimum Gasteiger partial charge on any atom is -0.0693 e. The molecule has 0 aromatic rings. The van der Waals surface area contributed by atoms with Crippen LogP contribution in [0.1, 0.15) is 60.8 Å². The van der Waals surface area contributed by atoms with Gasteiger partial charge in [-0.1, -0.05) is 74.0 Å². The molecule has 0 amide bonds. The van der Waals surface area contributed by atoms with Crippen LogP contribution in [0.25, 0.3) is 0 Å². The quantitative estimate of drug-likeness (QED) is 0.504. The number of hydrogen-bond acceptors (Lipinski definition) is 0. The molecule has 0 aromatic heterocycles. The van der Waals surface area contributed by atoms with Crippen molar-refractivity contribution >= 4 is 8.07 Å². The van der Waals surface area contributed by atoms with Gasteiger partial charge in [0.15, 0.2) is 0 Å². The molecule has 0 radical (unpaired) electrons. The molecule has 98 valence electrons. The van der Waals surface area contributed by atoms with Gasteiger partial charge in [-0.25, -0.2) is 0 Å². The Morgan fingerprint density at radius 2 is 1.31 bits per heavy atom. The molecule has 16 heavy (non-hydrogen) atoms. The molecule has 0 rings (SSSR count). The van der Waals surface area contributed by atoms with E-state index in [1.807, 2.05) is 0 Å². The average Bonchev–Trinajstić information content (AvgIpc) is 2.12. The summed E-state index contributed by atoms with van der Waals surface area (Å²) in [6, 6.07) is 0. The summed E-state index contributed by atoms with van der Waals surface area (Å²) in [6.07, 6.45) is 4.01. The lowest BCUT2D eigenvalue weighted by Gasteiger charge is -2.45. The smallest absolute Gasteiger partial charge is 0.0479 e. The Morgan fingerprint density at radius 3 is 1.56 bits per heavy atom. The zero-order valence-electron chi connectivity index (χ0n) is 13.2. The summed E-state index contributed by atoms with van der Waals surface area (Å²) >= 11 is 0. The molecule has 1 unspecified atom stereocenters. The molecule has 0 aliphatic rings. The van der Waals surface area contributed by atoms with Gasteiger partial charge in [-0.3, -0.25) is 0 Å². The van der Waals surface area contributed by atoms with Crippen LogP contribution < -0.4 is 0 Å². The monoisotopic (exact) mass is 242 g/mol. The fraction of sp³-hybridized carbons (Fsp3) is 1.00. The van der Waals surface area contributed by atoms with Gasteiger partial charge >= 0.3 is 0 Å². The highest BCUT2D eigenvalue weighted by Gasteiger charge is 2.40. The standard InChI is InChI=1S/C15H34Si/c1-10-14(3,4)12-13(16(7,8)9)15(5,6)11-2/h13H,10-12H2,1-9H3. The van der Waals surface area contributed by atoms with Gasteiger partial charge in [0.25, 0.3) is 0 Å². The van der Waals surface area contributed by atoms with Gasteiger partial charge in [-0.15, -0.1) is 0 Å². The van der Waals surface area contributed by atoms with E-state index in [-0.39, 0.29) is 0 Å². The van der Waals surface area contributed by atoms with E-state index in [1.54, 1.807) is 0 Å². The molecular weight excluding hydrogens is 208 g/mol. The van der Waals surface area contributed by atoms with Crippen LogP contribution >= 0.6 is 0 Å². The summed E-state index contributed by atoms with van der Waals surface area (Å²) in [6.45, 7) is 22.1. The highest BCUT2D eigenvalue weighted by Crippen LogP contribution is 2.49. The summed E-state index contributed by atoms with van der Waals surface area (Å²) < 4.78 is 0. The zero-order chi connectivity index (χ0) is 13.2. The van der Waals surface area contributed by atoms with Crippen LogP contribution in [0, 0.1) is 10.8 Å². The SMILES string of the molecule is CCC(C)(C)CC(C(C)(C)CC)[Si](C)(C)C. The van der Waals surface area contributed by atoms with Crippen molar-refractivity contribution in [3.05, 3.63) is 0 Å². The van der Waals surface area contributed by atoms with Crippen molar-refractivity contribution in [2.75, 3.05) is 0 Å². The lowest BCUT2D eigenvalue weighted by molar-refractivity contribution is 0.222. The third-order valence-electron chi connectivity index (χ3n) is 4.61. The second-order valence-corrected chi connectivity index (χ2v) is 13.4. The summed E-state index contributed by atoms with van der Waals surface area (Å²) in [5, 5.41) is 0. The van der Waals surface area contributed by atoms with Crippen molar-refractivity contribution in [1.82, 2.24) is 0 Å². The fourth-order valence-corrected chi connectivity index (χ4v) is 6.41. The molecule has 0 fully saturated rings. The van der Waals surface area contributed by atoms with E-state index in [2.05, 4.69) is 61.2 Å². The van der Waals surface area contributed by atoms with Gasteiger partial charge in [-0.05, 0) is 22.8 Å². The Kier molecular flexibility index (Phi) is 5.32. The van der Waals surface area contributed by atoms with Gasteiger partial charge in [0.1, 0.15) is 0 Å². The number of rotatable bonds is 6. The Hall–Kier alpha value is 0.217. The predicted molar refractivity (Wildman–Crippen MR) is 79.9 cm³/mol. The summed E-state index contributed by atoms with van der Waals surface area (Å²) in [5.41, 5.74) is 1.95. The molecule has 0 saturated carbocycles. The third kappa shape index (κ3) is 4.61. The lowest BCUT2D eigenvalue weighted by Crippen LogP contribution is -2.40. The molecular formula is C15H34Si. The van der Waals surface area contributed by atoms with Crippen LogP contribution in [-0.4, -0.2) is 8.07 Å². The van der Waals surface area contributed by atoms with E-state index in [0.29, 0.717) is 10.8 Å². The van der Waals surface area contributed by atoms with Crippen molar-refractivity contribution in [3.63, 3.8) is 0 Å². The molecule has 0 N–H and O–H groups in total. The fourth-order valence-electron chi connectivity index (χ4n) is 2.70. The Morgan fingerprint density at radius 1 is 0.875 bits per heavy atom. The van der Waals surface area contributed by atoms with Gasteiger partial charge in [0.05, 0.1) is 0 Å². The van der Waals surface area contributed by atoms with E-state index in [1.165, 1.54) is 19.3 Å². The molecule has 1 atom stereocenters. The first-order valence-corrected chi connectivity index (χ1v) is 10.5. The molecule has 0 bridgehead atoms. The van der Waals surface area contributed by atoms with Crippen molar-refractivity contribution < 1.29 is 0 Å². The van der Waals surface area contributed by atoms with Crippen LogP contribution in [0.4, 0.5) is 0 Å². The van der Waals surface area contributed by atoms with Crippen molar-refractivity contribution in [2.45, 2.75) is 86.0 Å². The van der Waals surface area contributed by atoms with Gasteiger partial charge in [-0.2, -0.15) is 0 Å². The maximum atomic E-state index is 2.54. The molecule has 0 nitrogen and oxygen atoms in total. The Balaban J connectivity index is 4.99. The van der Waals surface area contributed by atoms with Crippen LogP contribution in [-0.2, 0) is 0 Å². The third-order valence-corrected chi connectivity index (χ3v) is 7.69. The maximum Gasteiger partial charge on any atom is 0.0479 e. The Labute approximate surface area is 105 Å². The minimum atomic E-state index is -1.07. The molecule has 0 aliphatic carbocycles. The van der Waals surface area contributed by atoms with E-state index < -0.39 is 8.07 Å². The molecule has 0 saturated heterocycles. The highest BCUT2D eigenvalue weighted by molar-refractivity contribution is 6.77. The van der Waals surface area contributed by atoms with E-state index in [0.717, 1.165) is 5.54 Å². The molecule has 1 heteroatoms. The lowest BCUT2D eigenvalue weighted by atomic mass is 9.76. The molecule has 0 spiro atoms. The van der Waals surface area contributed by atoms with E-state index in [4.69, 9.17) is 0 Å². The first-order valence-electron chi connectivity index (χ1n) is 6.96. The van der Waals surface area contributed by atoms with Crippen molar-refractivity contribution in [2.24, 2.45) is 10.8 Å². The topological polar surface area (TPSA) is 0 Å². The predicted octanol–water partition coefficient (Wildman–Crippen LogP) is 5.96. The van der Waals surface area contributed by atoms with Crippen LogP contribution in [0.15, 0.2) is 0 Å². The van der Waals surface area contributed by atoms with Crippen molar-refractivity contribution in [1.29, 1.82) is 0 Å². The second kappa shape index (κ2) is 5.24. The zero-order valence-corrected chi connectivity index (χ0v) is 14.2. The maximum absolute atomic E-state index is 2.54. The highest BCUT2D eigenvalue weighted by atomic mass is 28.3. The van der Waals surface area contributed by atoms with Crippen LogP contribution in [0.3, 0.4) is 0 Å². The normalized spacial score (nSPS) is 16.3. The van der Waals surface area contributed by atoms with Crippen LogP contribution in [0.2, 0.25) is 25.2 Å². The minimum absolute atomic E-state index is 0.511. The van der Waals surface area contributed by atoms with Crippen LogP contribution in [0.5, 0.6) is 0 Å². The molecule has 0 aromatic carbocycles. The summed E-state index contributed by atoms with van der Waals surface area (Å²) in [7, 11) is -1.07. The van der Waals surface area contributed by atoms with Gasteiger partial charge in [0, 0.05) is 8.07 Å². The first-order chi connectivity index (χ1) is 6.96. The van der Waals surface area contributed by atoms with E-state index in [9.17, 15) is 0 Å². The Bertz CT molecular complexity index is 208. The molecule has 0 heterocycles. The second-order valence-electron chi connectivity index (χ2n) is 7.98. The van der Waals surface area contributed by atoms with Gasteiger partial charge < -0.3 is 0 Å².